The van der Waals surface area contributed by atoms with E-state index in [9.17, 15) is 19.2 Å². The molecule has 0 aliphatic heterocycles. The zero-order valence-corrected chi connectivity index (χ0v) is 14.0. The third-order valence-corrected chi connectivity index (χ3v) is 3.23. The topological polar surface area (TPSA) is 127 Å². The lowest BCUT2D eigenvalue weighted by molar-refractivity contribution is -0.159. The Bertz CT molecular complexity index is 418. The predicted molar refractivity (Wildman–Crippen MR) is 83.3 cm³/mol. The maximum Gasteiger partial charge on any atom is 0.306 e. The van der Waals surface area contributed by atoms with E-state index in [2.05, 4.69) is 0 Å². The van der Waals surface area contributed by atoms with E-state index in [1.165, 1.54) is 0 Å². The van der Waals surface area contributed by atoms with Gasteiger partial charge in [-0.25, -0.2) is 0 Å². The quantitative estimate of drug-likeness (QED) is 0.362. The van der Waals surface area contributed by atoms with Gasteiger partial charge < -0.3 is 19.7 Å². The second-order valence-electron chi connectivity index (χ2n) is 5.40. The summed E-state index contributed by atoms with van der Waals surface area (Å²) in [6.07, 6.45) is 1.96. The third-order valence-electron chi connectivity index (χ3n) is 3.23. The predicted octanol–water partition coefficient (Wildman–Crippen LogP) is 2.14. The van der Waals surface area contributed by atoms with Crippen molar-refractivity contribution >= 4 is 23.9 Å². The molecule has 0 aromatic heterocycles. The first-order chi connectivity index (χ1) is 11.3. The van der Waals surface area contributed by atoms with E-state index < -0.39 is 30.0 Å². The van der Waals surface area contributed by atoms with Crippen molar-refractivity contribution in [2.45, 2.75) is 70.8 Å². The van der Waals surface area contributed by atoms with Crippen molar-refractivity contribution in [3.63, 3.8) is 0 Å². The standard InChI is InChI=1S/C16H26O8/c1-2-12(24-16(22)10-6-4-8-14(19)20)11-23-15(21)9-5-3-7-13(17)18/h12H,2-11H2,1H3,(H,17,18)(H,19,20). The minimum atomic E-state index is -0.898. The van der Waals surface area contributed by atoms with Gasteiger partial charge in [0, 0.05) is 25.7 Å². The molecule has 0 heterocycles. The van der Waals surface area contributed by atoms with Crippen LogP contribution < -0.4 is 0 Å². The highest BCUT2D eigenvalue weighted by molar-refractivity contribution is 5.71. The van der Waals surface area contributed by atoms with Crippen LogP contribution in [0.4, 0.5) is 0 Å². The number of hydrogen-bond acceptors (Lipinski definition) is 6. The van der Waals surface area contributed by atoms with Crippen LogP contribution in [0.2, 0.25) is 0 Å². The van der Waals surface area contributed by atoms with Crippen molar-refractivity contribution in [1.29, 1.82) is 0 Å². The molecule has 0 fully saturated rings. The zero-order chi connectivity index (χ0) is 18.4. The lowest BCUT2D eigenvalue weighted by atomic mass is 10.2. The highest BCUT2D eigenvalue weighted by Crippen LogP contribution is 2.07. The van der Waals surface area contributed by atoms with Crippen molar-refractivity contribution in [2.75, 3.05) is 6.61 Å². The molecule has 8 nitrogen and oxygen atoms in total. The molecular weight excluding hydrogens is 320 g/mol. The molecule has 24 heavy (non-hydrogen) atoms. The molecule has 0 bridgehead atoms. The van der Waals surface area contributed by atoms with Crippen LogP contribution in [0.25, 0.3) is 0 Å². The fraction of sp³-hybridized carbons (Fsp3) is 0.750. The summed E-state index contributed by atoms with van der Waals surface area (Å²) in [5.41, 5.74) is 0. The highest BCUT2D eigenvalue weighted by atomic mass is 16.6. The molecule has 0 aliphatic carbocycles. The summed E-state index contributed by atoms with van der Waals surface area (Å²) in [6.45, 7) is 1.76. The van der Waals surface area contributed by atoms with Crippen molar-refractivity contribution in [1.82, 2.24) is 0 Å². The Kier molecular flexibility index (Phi) is 12.2. The Hall–Kier alpha value is -2.12. The molecular formula is C16H26O8. The molecule has 138 valence electrons. The molecule has 0 aromatic carbocycles. The molecule has 0 saturated carbocycles. The van der Waals surface area contributed by atoms with Crippen molar-refractivity contribution in [3.8, 4) is 0 Å². The van der Waals surface area contributed by atoms with Crippen LogP contribution in [0.15, 0.2) is 0 Å². The Labute approximate surface area is 141 Å². The fourth-order valence-electron chi connectivity index (χ4n) is 1.83. The number of esters is 2. The summed E-state index contributed by atoms with van der Waals surface area (Å²) in [5.74, 6) is -2.68. The molecule has 0 aliphatic rings. The van der Waals surface area contributed by atoms with E-state index in [1.54, 1.807) is 6.92 Å². The van der Waals surface area contributed by atoms with Gasteiger partial charge in [-0.3, -0.25) is 19.2 Å². The summed E-state index contributed by atoms with van der Waals surface area (Å²) >= 11 is 0. The fourth-order valence-corrected chi connectivity index (χ4v) is 1.83. The van der Waals surface area contributed by atoms with Crippen molar-refractivity contribution < 1.29 is 38.9 Å². The first-order valence-corrected chi connectivity index (χ1v) is 8.13. The minimum absolute atomic E-state index is 0.0178. The number of ether oxygens (including phenoxy) is 2. The summed E-state index contributed by atoms with van der Waals surface area (Å²) < 4.78 is 10.2. The Balaban J connectivity index is 3.84. The summed E-state index contributed by atoms with van der Waals surface area (Å²) in [5, 5.41) is 17.0. The van der Waals surface area contributed by atoms with E-state index in [-0.39, 0.29) is 32.3 Å². The SMILES string of the molecule is CCC(COC(=O)CCCCC(=O)O)OC(=O)CCCCC(=O)O. The number of aliphatic carboxylic acids is 2. The number of carboxylic acids is 2. The second kappa shape index (κ2) is 13.3. The second-order valence-corrected chi connectivity index (χ2v) is 5.40. The zero-order valence-electron chi connectivity index (χ0n) is 14.0. The number of rotatable bonds is 14. The molecule has 0 radical (unpaired) electrons. The van der Waals surface area contributed by atoms with E-state index in [4.69, 9.17) is 19.7 Å². The lowest BCUT2D eigenvalue weighted by Crippen LogP contribution is -2.24. The maximum atomic E-state index is 11.6. The average Bonchev–Trinajstić information content (AvgIpc) is 2.51. The molecule has 0 saturated heterocycles. The monoisotopic (exact) mass is 346 g/mol. The van der Waals surface area contributed by atoms with Crippen molar-refractivity contribution in [3.05, 3.63) is 0 Å². The van der Waals surface area contributed by atoms with Crippen molar-refractivity contribution in [2.24, 2.45) is 0 Å². The van der Waals surface area contributed by atoms with Gasteiger partial charge in [-0.15, -0.1) is 0 Å². The number of carbonyl (C=O) groups excluding carboxylic acids is 2. The summed E-state index contributed by atoms with van der Waals surface area (Å²) in [7, 11) is 0. The Morgan fingerprint density at radius 2 is 1.25 bits per heavy atom. The molecule has 0 spiro atoms. The van der Waals surface area contributed by atoms with Gasteiger partial charge in [-0.1, -0.05) is 6.92 Å². The van der Waals surface area contributed by atoms with Crippen LogP contribution in [0.1, 0.15) is 64.7 Å². The molecule has 1 atom stereocenters. The van der Waals surface area contributed by atoms with Gasteiger partial charge in [0.25, 0.3) is 0 Å². The Morgan fingerprint density at radius 3 is 1.71 bits per heavy atom. The van der Waals surface area contributed by atoms with Crippen LogP contribution in [-0.2, 0) is 28.7 Å². The van der Waals surface area contributed by atoms with Gasteiger partial charge in [-0.05, 0) is 32.1 Å². The van der Waals surface area contributed by atoms with Gasteiger partial charge in [0.15, 0.2) is 0 Å². The van der Waals surface area contributed by atoms with Gasteiger partial charge >= 0.3 is 23.9 Å². The van der Waals surface area contributed by atoms with Gasteiger partial charge in [0.1, 0.15) is 12.7 Å². The van der Waals surface area contributed by atoms with Crippen LogP contribution in [-0.4, -0.2) is 46.8 Å². The average molecular weight is 346 g/mol. The van der Waals surface area contributed by atoms with Gasteiger partial charge in [0.2, 0.25) is 0 Å². The normalized spacial score (nSPS) is 11.5. The molecule has 0 rings (SSSR count). The molecule has 1 unspecified atom stereocenters. The number of carbonyl (C=O) groups is 4. The molecule has 0 aromatic rings. The van der Waals surface area contributed by atoms with Gasteiger partial charge in [-0.2, -0.15) is 0 Å². The summed E-state index contributed by atoms with van der Waals surface area (Å²) in [4.78, 5) is 43.8. The number of unbranched alkanes of at least 4 members (excludes halogenated alkanes) is 2. The number of carboxylic acid groups (broad SMARTS) is 2. The van der Waals surface area contributed by atoms with Crippen LogP contribution in [0, 0.1) is 0 Å². The van der Waals surface area contributed by atoms with Crippen LogP contribution >= 0.6 is 0 Å². The molecule has 0 amide bonds. The Morgan fingerprint density at radius 1 is 0.792 bits per heavy atom. The van der Waals surface area contributed by atoms with E-state index in [0.717, 1.165) is 0 Å². The lowest BCUT2D eigenvalue weighted by Gasteiger charge is -2.16. The highest BCUT2D eigenvalue weighted by Gasteiger charge is 2.15. The van der Waals surface area contributed by atoms with E-state index in [1.807, 2.05) is 0 Å². The smallest absolute Gasteiger partial charge is 0.306 e. The van der Waals surface area contributed by atoms with E-state index in [0.29, 0.717) is 32.1 Å². The molecule has 8 heteroatoms. The largest absolute Gasteiger partial charge is 0.481 e. The first-order valence-electron chi connectivity index (χ1n) is 8.13. The third kappa shape index (κ3) is 13.5. The first kappa shape index (κ1) is 21.9. The summed E-state index contributed by atoms with van der Waals surface area (Å²) in [6, 6.07) is 0. The van der Waals surface area contributed by atoms with Crippen LogP contribution in [0.3, 0.4) is 0 Å². The van der Waals surface area contributed by atoms with Crippen LogP contribution in [0.5, 0.6) is 0 Å². The number of hydrogen-bond donors (Lipinski definition) is 2. The van der Waals surface area contributed by atoms with E-state index >= 15 is 0 Å². The molecule has 2 N–H and O–H groups in total. The minimum Gasteiger partial charge on any atom is -0.481 e. The maximum absolute atomic E-state index is 11.6. The van der Waals surface area contributed by atoms with Gasteiger partial charge in [0.05, 0.1) is 0 Å².